The van der Waals surface area contributed by atoms with Crippen LogP contribution in [-0.2, 0) is 9.53 Å². The van der Waals surface area contributed by atoms with Crippen molar-refractivity contribution in [3.05, 3.63) is 59.7 Å². The van der Waals surface area contributed by atoms with Crippen LogP contribution in [0.4, 0.5) is 0 Å². The van der Waals surface area contributed by atoms with Gasteiger partial charge in [0.2, 0.25) is 5.16 Å². The topological polar surface area (TPSA) is 98.8 Å². The van der Waals surface area contributed by atoms with E-state index in [0.717, 1.165) is 11.3 Å². The van der Waals surface area contributed by atoms with Gasteiger partial charge in [0, 0.05) is 11.3 Å². The smallest absolute Gasteiger partial charge is 0.340 e. The number of esters is 1. The van der Waals surface area contributed by atoms with Crippen molar-refractivity contribution in [1.29, 1.82) is 0 Å². The lowest BCUT2D eigenvalue weighted by atomic mass is 10.1. The van der Waals surface area contributed by atoms with Gasteiger partial charge in [-0.25, -0.2) is 4.79 Å². The van der Waals surface area contributed by atoms with E-state index in [1.807, 2.05) is 24.3 Å². The van der Waals surface area contributed by atoms with Crippen LogP contribution in [0.1, 0.15) is 12.5 Å². The minimum atomic E-state index is -0.479. The van der Waals surface area contributed by atoms with Gasteiger partial charge in [0.05, 0.1) is 25.0 Å². The van der Waals surface area contributed by atoms with Crippen LogP contribution >= 0.6 is 11.8 Å². The minimum absolute atomic E-state index is 0.111. The van der Waals surface area contributed by atoms with E-state index >= 15 is 0 Å². The molecule has 1 N–H and O–H groups in total. The summed E-state index contributed by atoms with van der Waals surface area (Å²) in [5.74, 6) is 1.36. The Hall–Kier alpha value is -3.59. The molecule has 0 amide bonds. The first-order chi connectivity index (χ1) is 15.1. The Bertz CT molecular complexity index is 1170. The highest BCUT2D eigenvalue weighted by Gasteiger charge is 2.25. The molecule has 4 rings (SSSR count). The maximum Gasteiger partial charge on any atom is 0.340 e. The van der Waals surface area contributed by atoms with Crippen LogP contribution in [0.2, 0.25) is 0 Å². The Morgan fingerprint density at radius 1 is 1.23 bits per heavy atom. The molecule has 0 atom stereocenters. The first-order valence-corrected chi connectivity index (χ1v) is 10.6. The van der Waals surface area contributed by atoms with Crippen LogP contribution in [0.25, 0.3) is 17.5 Å². The molecule has 0 saturated carbocycles. The molecule has 2 aromatic carbocycles. The molecule has 0 fully saturated rings. The van der Waals surface area contributed by atoms with E-state index in [4.69, 9.17) is 9.47 Å². The normalized spacial score (nSPS) is 13.4. The molecule has 0 bridgehead atoms. The highest BCUT2D eigenvalue weighted by atomic mass is 32.2. The van der Waals surface area contributed by atoms with Gasteiger partial charge >= 0.3 is 5.97 Å². The second-order valence-corrected chi connectivity index (χ2v) is 7.50. The second kappa shape index (κ2) is 9.05. The molecule has 2 heterocycles. The van der Waals surface area contributed by atoms with Crippen LogP contribution in [0.3, 0.4) is 0 Å². The maximum atomic E-state index is 12.7. The molecule has 1 aromatic heterocycles. The Morgan fingerprint density at radius 2 is 2.03 bits per heavy atom. The lowest BCUT2D eigenvalue weighted by Gasteiger charge is -2.16. The summed E-state index contributed by atoms with van der Waals surface area (Å²) in [7, 11) is 1.61. The van der Waals surface area contributed by atoms with E-state index in [1.165, 1.54) is 11.8 Å². The van der Waals surface area contributed by atoms with Gasteiger partial charge in [-0.2, -0.15) is 9.78 Å². The maximum absolute atomic E-state index is 12.7. The summed E-state index contributed by atoms with van der Waals surface area (Å²) in [4.78, 5) is 12.7. The van der Waals surface area contributed by atoms with E-state index in [2.05, 4.69) is 15.3 Å². The fraction of sp³-hybridized carbons (Fsp3) is 0.182. The number of phenols is 1. The molecule has 0 spiro atoms. The van der Waals surface area contributed by atoms with Gasteiger partial charge in [0.25, 0.3) is 0 Å². The predicted octanol–water partition coefficient (Wildman–Crippen LogP) is 3.62. The quantitative estimate of drug-likeness (QED) is 0.465. The average Bonchev–Trinajstić information content (AvgIpc) is 3.21. The molecule has 1 aliphatic heterocycles. The zero-order valence-corrected chi connectivity index (χ0v) is 17.8. The van der Waals surface area contributed by atoms with Crippen molar-refractivity contribution in [1.82, 2.24) is 14.9 Å². The number of nitrogens with zero attached hydrogens (tertiary/aromatic N) is 4. The molecule has 0 radical (unpaired) electrons. The third-order valence-electron chi connectivity index (χ3n) is 4.51. The van der Waals surface area contributed by atoms with Crippen molar-refractivity contribution >= 4 is 29.5 Å². The van der Waals surface area contributed by atoms with Crippen LogP contribution < -0.4 is 4.74 Å². The van der Waals surface area contributed by atoms with E-state index in [1.54, 1.807) is 49.1 Å². The predicted molar refractivity (Wildman–Crippen MR) is 118 cm³/mol. The zero-order valence-electron chi connectivity index (χ0n) is 17.0. The third-order valence-corrected chi connectivity index (χ3v) is 5.44. The Kier molecular flexibility index (Phi) is 6.03. The van der Waals surface area contributed by atoms with Gasteiger partial charge in [0.1, 0.15) is 11.5 Å². The zero-order chi connectivity index (χ0) is 21.8. The molecule has 3 aromatic rings. The minimum Gasteiger partial charge on any atom is -0.508 e. The number of rotatable bonds is 6. The highest BCUT2D eigenvalue weighted by molar-refractivity contribution is 7.99. The summed E-state index contributed by atoms with van der Waals surface area (Å²) < 4.78 is 12.1. The van der Waals surface area contributed by atoms with Crippen molar-refractivity contribution in [2.24, 2.45) is 5.10 Å². The molecule has 158 valence electrons. The van der Waals surface area contributed by atoms with Crippen molar-refractivity contribution in [2.75, 3.05) is 19.5 Å². The number of thioether (sulfide) groups is 1. The van der Waals surface area contributed by atoms with Crippen molar-refractivity contribution in [3.63, 3.8) is 0 Å². The van der Waals surface area contributed by atoms with E-state index in [0.29, 0.717) is 33.6 Å². The summed E-state index contributed by atoms with van der Waals surface area (Å²) in [6.07, 6.45) is 1.67. The van der Waals surface area contributed by atoms with Gasteiger partial charge in [-0.15, -0.1) is 10.2 Å². The number of methoxy groups -OCH3 is 1. The van der Waals surface area contributed by atoms with Crippen LogP contribution in [0.5, 0.6) is 11.5 Å². The highest BCUT2D eigenvalue weighted by Crippen LogP contribution is 2.30. The fourth-order valence-electron chi connectivity index (χ4n) is 3.03. The van der Waals surface area contributed by atoms with E-state index in [9.17, 15) is 9.90 Å². The summed E-state index contributed by atoms with van der Waals surface area (Å²) in [5.41, 5.74) is 2.34. The van der Waals surface area contributed by atoms with E-state index < -0.39 is 5.97 Å². The molecular weight excluding hydrogens is 416 g/mol. The van der Waals surface area contributed by atoms with Crippen LogP contribution in [-0.4, -0.2) is 51.1 Å². The molecule has 31 heavy (non-hydrogen) atoms. The van der Waals surface area contributed by atoms with Crippen molar-refractivity contribution in [2.45, 2.75) is 12.1 Å². The standard InChI is InChI=1S/C22H20N4O4S/c1-3-30-21(28)18(12-14-5-4-6-16(27)11-14)19-13-31-22-24-23-20(26(22)25-19)15-7-9-17(29-2)10-8-15/h4-12,27H,3,13H2,1-2H3. The number of aromatic hydroxyl groups is 1. The Morgan fingerprint density at radius 3 is 2.74 bits per heavy atom. The fourth-order valence-corrected chi connectivity index (χ4v) is 3.86. The number of hydrogen-bond donors (Lipinski definition) is 1. The Balaban J connectivity index is 1.76. The van der Waals surface area contributed by atoms with Gasteiger partial charge in [-0.3, -0.25) is 0 Å². The molecule has 8 nitrogen and oxygen atoms in total. The largest absolute Gasteiger partial charge is 0.508 e. The third kappa shape index (κ3) is 4.46. The molecule has 0 saturated heterocycles. The molecule has 0 aliphatic carbocycles. The molecule has 9 heteroatoms. The number of fused-ring (bicyclic) bond motifs is 1. The monoisotopic (exact) mass is 436 g/mol. The summed E-state index contributed by atoms with van der Waals surface area (Å²) in [6, 6.07) is 14.1. The number of carbonyl (C=O) groups is 1. The SMILES string of the molecule is CCOC(=O)C(=Cc1cccc(O)c1)C1=Nn2c(nnc2-c2ccc(OC)cc2)SC1. The molecule has 1 aliphatic rings. The first-order valence-electron chi connectivity index (χ1n) is 9.57. The lowest BCUT2D eigenvalue weighted by molar-refractivity contribution is -0.137. The van der Waals surface area contributed by atoms with Gasteiger partial charge in [-0.05, 0) is 55.0 Å². The number of hydrogen-bond acceptors (Lipinski definition) is 8. The second-order valence-electron chi connectivity index (χ2n) is 6.56. The number of phenolic OH excluding ortho intramolecular Hbond substituents is 1. The van der Waals surface area contributed by atoms with Crippen molar-refractivity contribution in [3.8, 4) is 22.9 Å². The van der Waals surface area contributed by atoms with Crippen LogP contribution in [0, 0.1) is 0 Å². The Labute approximate surface area is 183 Å². The summed E-state index contributed by atoms with van der Waals surface area (Å²) in [5, 5.41) is 23.6. The number of ether oxygens (including phenoxy) is 2. The molecular formula is C22H20N4O4S. The van der Waals surface area contributed by atoms with E-state index in [-0.39, 0.29) is 12.4 Å². The van der Waals surface area contributed by atoms with Gasteiger partial charge < -0.3 is 14.6 Å². The van der Waals surface area contributed by atoms with Crippen LogP contribution in [0.15, 0.2) is 64.4 Å². The summed E-state index contributed by atoms with van der Waals surface area (Å²) >= 11 is 1.43. The first kappa shape index (κ1) is 20.7. The number of carbonyl (C=O) groups excluding carboxylic acids is 1. The number of aromatic nitrogens is 3. The van der Waals surface area contributed by atoms with Gasteiger partial charge in [-0.1, -0.05) is 23.9 Å². The van der Waals surface area contributed by atoms with Crippen molar-refractivity contribution < 1.29 is 19.4 Å². The molecule has 0 unspecified atom stereocenters. The number of benzene rings is 2. The summed E-state index contributed by atoms with van der Waals surface area (Å²) in [6.45, 7) is 1.99. The lowest BCUT2D eigenvalue weighted by Crippen LogP contribution is -2.21. The average molecular weight is 436 g/mol. The van der Waals surface area contributed by atoms with Gasteiger partial charge in [0.15, 0.2) is 5.82 Å².